The number of aromatic nitrogens is 1. The quantitative estimate of drug-likeness (QED) is 0.644. The van der Waals surface area contributed by atoms with Crippen LogP contribution in [0.3, 0.4) is 0 Å². The van der Waals surface area contributed by atoms with Crippen LogP contribution in [0.1, 0.15) is 17.3 Å². The fourth-order valence-corrected chi connectivity index (χ4v) is 1.79. The monoisotopic (exact) mass is 249 g/mol. The highest BCUT2D eigenvalue weighted by atomic mass is 19.1. The van der Waals surface area contributed by atoms with Crippen molar-refractivity contribution in [3.63, 3.8) is 0 Å². The summed E-state index contributed by atoms with van der Waals surface area (Å²) >= 11 is 0. The second-order valence-electron chi connectivity index (χ2n) is 3.92. The van der Waals surface area contributed by atoms with Crippen molar-refractivity contribution in [2.45, 2.75) is 12.5 Å². The van der Waals surface area contributed by atoms with Gasteiger partial charge in [-0.1, -0.05) is 12.1 Å². The Bertz CT molecular complexity index is 531. The molecule has 94 valence electrons. The summed E-state index contributed by atoms with van der Waals surface area (Å²) in [4.78, 5) is 3.96. The minimum Gasteiger partial charge on any atom is -0.271 e. The van der Waals surface area contributed by atoms with E-state index in [2.05, 4.69) is 10.4 Å². The van der Waals surface area contributed by atoms with E-state index in [4.69, 9.17) is 5.84 Å². The third kappa shape index (κ3) is 2.88. The van der Waals surface area contributed by atoms with E-state index < -0.39 is 11.9 Å². The van der Waals surface area contributed by atoms with E-state index in [1.807, 2.05) is 0 Å². The van der Waals surface area contributed by atoms with Crippen molar-refractivity contribution in [3.05, 3.63) is 65.5 Å². The van der Waals surface area contributed by atoms with Crippen molar-refractivity contribution in [2.24, 2.45) is 5.84 Å². The summed E-state index contributed by atoms with van der Waals surface area (Å²) in [5, 5.41) is 0. The van der Waals surface area contributed by atoms with Gasteiger partial charge >= 0.3 is 0 Å². The van der Waals surface area contributed by atoms with Gasteiger partial charge < -0.3 is 0 Å². The van der Waals surface area contributed by atoms with Crippen molar-refractivity contribution in [1.82, 2.24) is 10.4 Å². The molecule has 0 saturated heterocycles. The molecule has 0 aliphatic carbocycles. The van der Waals surface area contributed by atoms with Crippen molar-refractivity contribution < 1.29 is 8.78 Å². The number of hydrazine groups is 1. The third-order valence-electron chi connectivity index (χ3n) is 2.65. The molecule has 5 heteroatoms. The zero-order valence-electron chi connectivity index (χ0n) is 9.61. The largest absolute Gasteiger partial charge is 0.271 e. The summed E-state index contributed by atoms with van der Waals surface area (Å²) in [5.41, 5.74) is 3.45. The third-order valence-corrected chi connectivity index (χ3v) is 2.65. The maximum absolute atomic E-state index is 13.6. The van der Waals surface area contributed by atoms with E-state index in [9.17, 15) is 8.78 Å². The number of hydrogen-bond donors (Lipinski definition) is 2. The van der Waals surface area contributed by atoms with Gasteiger partial charge in [-0.3, -0.25) is 16.3 Å². The minimum absolute atomic E-state index is 0.226. The lowest BCUT2D eigenvalue weighted by molar-refractivity contribution is 0.493. The number of nitrogens with one attached hydrogen (secondary N) is 1. The summed E-state index contributed by atoms with van der Waals surface area (Å²) in [5.74, 6) is 4.65. The predicted molar refractivity (Wildman–Crippen MR) is 64.4 cm³/mol. The molecule has 0 aliphatic heterocycles. The van der Waals surface area contributed by atoms with E-state index in [1.54, 1.807) is 12.1 Å². The van der Waals surface area contributed by atoms with E-state index in [0.29, 0.717) is 6.42 Å². The number of nitrogens with two attached hydrogens (primary N) is 1. The first kappa shape index (κ1) is 12.6. The molecule has 0 bridgehead atoms. The first-order chi connectivity index (χ1) is 8.70. The van der Waals surface area contributed by atoms with Crippen molar-refractivity contribution in [1.29, 1.82) is 0 Å². The SMILES string of the molecule is NNC(Cc1cccc(F)c1)c1ncccc1F. The summed E-state index contributed by atoms with van der Waals surface area (Å²) in [6, 6.07) is 8.45. The Labute approximate surface area is 104 Å². The molecule has 18 heavy (non-hydrogen) atoms. The van der Waals surface area contributed by atoms with Gasteiger partial charge in [-0.15, -0.1) is 0 Å². The normalized spacial score (nSPS) is 12.4. The van der Waals surface area contributed by atoms with Gasteiger partial charge in [0.1, 0.15) is 11.6 Å². The molecule has 0 saturated carbocycles. The lowest BCUT2D eigenvalue weighted by Crippen LogP contribution is -2.31. The lowest BCUT2D eigenvalue weighted by atomic mass is 10.0. The van der Waals surface area contributed by atoms with Gasteiger partial charge in [-0.2, -0.15) is 0 Å². The summed E-state index contributed by atoms with van der Waals surface area (Å²) in [6.45, 7) is 0. The Hall–Kier alpha value is -1.85. The summed E-state index contributed by atoms with van der Waals surface area (Å²) < 4.78 is 26.6. The van der Waals surface area contributed by atoms with E-state index >= 15 is 0 Å². The van der Waals surface area contributed by atoms with Crippen LogP contribution >= 0.6 is 0 Å². The van der Waals surface area contributed by atoms with Gasteiger partial charge in [-0.05, 0) is 36.2 Å². The average molecular weight is 249 g/mol. The van der Waals surface area contributed by atoms with E-state index in [-0.39, 0.29) is 11.5 Å². The summed E-state index contributed by atoms with van der Waals surface area (Å²) in [7, 11) is 0. The second kappa shape index (κ2) is 5.66. The van der Waals surface area contributed by atoms with Gasteiger partial charge in [0.15, 0.2) is 0 Å². The molecule has 0 spiro atoms. The average Bonchev–Trinajstić information content (AvgIpc) is 2.37. The topological polar surface area (TPSA) is 50.9 Å². The van der Waals surface area contributed by atoms with Gasteiger partial charge in [0.25, 0.3) is 0 Å². The molecule has 0 amide bonds. The molecule has 3 nitrogen and oxygen atoms in total. The molecular formula is C13H13F2N3. The van der Waals surface area contributed by atoms with Crippen LogP contribution in [-0.2, 0) is 6.42 Å². The number of benzene rings is 1. The molecule has 1 aromatic heterocycles. The van der Waals surface area contributed by atoms with Gasteiger partial charge in [-0.25, -0.2) is 8.78 Å². The van der Waals surface area contributed by atoms with Gasteiger partial charge in [0, 0.05) is 6.20 Å². The zero-order valence-corrected chi connectivity index (χ0v) is 9.61. The molecule has 0 aliphatic rings. The first-order valence-corrected chi connectivity index (χ1v) is 5.51. The maximum Gasteiger partial charge on any atom is 0.146 e. The highest BCUT2D eigenvalue weighted by molar-refractivity contribution is 5.21. The van der Waals surface area contributed by atoms with Gasteiger partial charge in [0.2, 0.25) is 0 Å². The van der Waals surface area contributed by atoms with E-state index in [0.717, 1.165) is 5.56 Å². The Balaban J connectivity index is 2.23. The maximum atomic E-state index is 13.6. The fraction of sp³-hybridized carbons (Fsp3) is 0.154. The standard InChI is InChI=1S/C13H13F2N3/c14-10-4-1-3-9(7-10)8-12(18-16)13-11(15)5-2-6-17-13/h1-7,12,18H,8,16H2. The van der Waals surface area contributed by atoms with Crippen LogP contribution in [0.2, 0.25) is 0 Å². The van der Waals surface area contributed by atoms with Crippen molar-refractivity contribution in [3.8, 4) is 0 Å². The second-order valence-corrected chi connectivity index (χ2v) is 3.92. The van der Waals surface area contributed by atoms with E-state index in [1.165, 1.54) is 30.5 Å². The van der Waals surface area contributed by atoms with Crippen LogP contribution in [0.4, 0.5) is 8.78 Å². The highest BCUT2D eigenvalue weighted by Crippen LogP contribution is 2.18. The molecule has 1 atom stereocenters. The lowest BCUT2D eigenvalue weighted by Gasteiger charge is -2.15. The molecule has 1 aromatic carbocycles. The fourth-order valence-electron chi connectivity index (χ4n) is 1.79. The molecule has 0 radical (unpaired) electrons. The number of halogens is 2. The van der Waals surface area contributed by atoms with Crippen LogP contribution in [0, 0.1) is 11.6 Å². The summed E-state index contributed by atoms with van der Waals surface area (Å²) in [6.07, 6.45) is 1.86. The van der Waals surface area contributed by atoms with Crippen LogP contribution in [0.15, 0.2) is 42.6 Å². The first-order valence-electron chi connectivity index (χ1n) is 5.51. The number of pyridine rings is 1. The van der Waals surface area contributed by atoms with Crippen LogP contribution < -0.4 is 11.3 Å². The Kier molecular flexibility index (Phi) is 3.96. The van der Waals surface area contributed by atoms with Crippen molar-refractivity contribution in [2.75, 3.05) is 0 Å². The molecule has 0 fully saturated rings. The predicted octanol–water partition coefficient (Wildman–Crippen LogP) is 2.11. The molecule has 1 heterocycles. The highest BCUT2D eigenvalue weighted by Gasteiger charge is 2.16. The molecular weight excluding hydrogens is 236 g/mol. The van der Waals surface area contributed by atoms with Crippen LogP contribution in [0.5, 0.6) is 0 Å². The Morgan fingerprint density at radius 2 is 2.06 bits per heavy atom. The molecule has 1 unspecified atom stereocenters. The Morgan fingerprint density at radius 1 is 1.22 bits per heavy atom. The van der Waals surface area contributed by atoms with Gasteiger partial charge in [0.05, 0.1) is 11.7 Å². The zero-order chi connectivity index (χ0) is 13.0. The molecule has 3 N–H and O–H groups in total. The number of hydrogen-bond acceptors (Lipinski definition) is 3. The minimum atomic E-state index is -0.493. The molecule has 2 aromatic rings. The molecule has 2 rings (SSSR count). The van der Waals surface area contributed by atoms with Crippen LogP contribution in [-0.4, -0.2) is 4.98 Å². The smallest absolute Gasteiger partial charge is 0.146 e. The van der Waals surface area contributed by atoms with Crippen LogP contribution in [0.25, 0.3) is 0 Å². The number of rotatable bonds is 4. The Morgan fingerprint density at radius 3 is 2.72 bits per heavy atom. The number of nitrogens with zero attached hydrogens (tertiary/aromatic N) is 1. The van der Waals surface area contributed by atoms with Crippen molar-refractivity contribution >= 4 is 0 Å².